The summed E-state index contributed by atoms with van der Waals surface area (Å²) in [6.45, 7) is 7.36. The molecule has 1 aromatic rings. The lowest BCUT2D eigenvalue weighted by atomic mass is 9.98. The molecule has 0 aliphatic carbocycles. The van der Waals surface area contributed by atoms with Crippen LogP contribution >= 0.6 is 23.2 Å². The second kappa shape index (κ2) is 9.72. The van der Waals surface area contributed by atoms with Crippen LogP contribution in [0.15, 0.2) is 6.20 Å². The van der Waals surface area contributed by atoms with Crippen LogP contribution in [0, 0.1) is 0 Å². The third-order valence-corrected chi connectivity index (χ3v) is 4.63. The highest BCUT2D eigenvalue weighted by atomic mass is 35.5. The van der Waals surface area contributed by atoms with E-state index in [1.54, 1.807) is 6.20 Å². The van der Waals surface area contributed by atoms with E-state index in [9.17, 15) is 4.79 Å². The van der Waals surface area contributed by atoms with Gasteiger partial charge >= 0.3 is 6.09 Å². The van der Waals surface area contributed by atoms with E-state index in [1.807, 2.05) is 25.7 Å². The first-order valence-corrected chi connectivity index (χ1v) is 9.76. The first-order chi connectivity index (χ1) is 12.3. The minimum Gasteiger partial charge on any atom is -0.444 e. The molecule has 1 aromatic heterocycles. The molecule has 6 nitrogen and oxygen atoms in total. The van der Waals surface area contributed by atoms with Gasteiger partial charge < -0.3 is 14.4 Å². The number of piperidine rings is 1. The van der Waals surface area contributed by atoms with Crippen molar-refractivity contribution >= 4 is 29.3 Å². The van der Waals surface area contributed by atoms with Crippen molar-refractivity contribution in [2.24, 2.45) is 0 Å². The van der Waals surface area contributed by atoms with Gasteiger partial charge in [-0.1, -0.05) is 11.6 Å². The summed E-state index contributed by atoms with van der Waals surface area (Å²) < 4.78 is 11.2. The molecule has 0 aromatic carbocycles. The Hall–Kier alpha value is -1.11. The van der Waals surface area contributed by atoms with Crippen molar-refractivity contribution < 1.29 is 14.3 Å². The van der Waals surface area contributed by atoms with Crippen LogP contribution in [-0.4, -0.2) is 45.8 Å². The zero-order valence-electron chi connectivity index (χ0n) is 15.6. The summed E-state index contributed by atoms with van der Waals surface area (Å²) >= 11 is 11.7. The average Bonchev–Trinajstić information content (AvgIpc) is 2.55. The molecule has 1 atom stereocenters. The van der Waals surface area contributed by atoms with Crippen LogP contribution in [0.3, 0.4) is 0 Å². The first kappa shape index (κ1) is 21.2. The normalized spacial score (nSPS) is 18.0. The number of rotatable bonds is 6. The van der Waals surface area contributed by atoms with Crippen molar-refractivity contribution in [2.75, 3.05) is 13.2 Å². The van der Waals surface area contributed by atoms with Gasteiger partial charge in [-0.15, -0.1) is 0 Å². The van der Waals surface area contributed by atoms with Gasteiger partial charge in [0, 0.05) is 31.0 Å². The SMILES string of the molecule is CC(C)(C)OC(=O)N1CCCC[C@@H]1CCCOCc1cnc(Cl)nc1Cl. The molecule has 1 fully saturated rings. The molecule has 26 heavy (non-hydrogen) atoms. The summed E-state index contributed by atoms with van der Waals surface area (Å²) in [6.07, 6.45) is 6.29. The van der Waals surface area contributed by atoms with Gasteiger partial charge in [-0.3, -0.25) is 0 Å². The van der Waals surface area contributed by atoms with Gasteiger partial charge in [0.1, 0.15) is 10.8 Å². The van der Waals surface area contributed by atoms with E-state index in [-0.39, 0.29) is 17.4 Å². The molecule has 0 bridgehead atoms. The van der Waals surface area contributed by atoms with Gasteiger partial charge in [0.2, 0.25) is 5.28 Å². The average molecular weight is 404 g/mol. The summed E-state index contributed by atoms with van der Waals surface area (Å²) in [4.78, 5) is 22.1. The maximum atomic E-state index is 12.4. The van der Waals surface area contributed by atoms with E-state index in [4.69, 9.17) is 32.7 Å². The Balaban J connectivity index is 1.75. The highest BCUT2D eigenvalue weighted by molar-refractivity contribution is 6.32. The number of hydrogen-bond donors (Lipinski definition) is 0. The summed E-state index contributed by atoms with van der Waals surface area (Å²) in [7, 11) is 0. The van der Waals surface area contributed by atoms with E-state index in [0.29, 0.717) is 23.9 Å². The van der Waals surface area contributed by atoms with Crippen LogP contribution in [0.1, 0.15) is 58.4 Å². The van der Waals surface area contributed by atoms with Crippen LogP contribution in [0.2, 0.25) is 10.4 Å². The molecule has 146 valence electrons. The second-order valence-corrected chi connectivity index (χ2v) is 8.17. The quantitative estimate of drug-likeness (QED) is 0.385. The Bertz CT molecular complexity index is 608. The Kier molecular flexibility index (Phi) is 7.92. The number of ether oxygens (including phenoxy) is 2. The second-order valence-electron chi connectivity index (χ2n) is 7.47. The molecule has 0 unspecified atom stereocenters. The Labute approximate surface area is 165 Å². The smallest absolute Gasteiger partial charge is 0.410 e. The number of aromatic nitrogens is 2. The van der Waals surface area contributed by atoms with Gasteiger partial charge in [-0.05, 0) is 64.5 Å². The van der Waals surface area contributed by atoms with Crippen molar-refractivity contribution in [3.63, 3.8) is 0 Å². The van der Waals surface area contributed by atoms with Crippen LogP contribution in [0.5, 0.6) is 0 Å². The summed E-state index contributed by atoms with van der Waals surface area (Å²) in [5.41, 5.74) is 0.242. The number of carbonyl (C=O) groups excluding carboxylic acids is 1. The fourth-order valence-corrected chi connectivity index (χ4v) is 3.29. The first-order valence-electron chi connectivity index (χ1n) is 9.00. The molecule has 8 heteroatoms. The van der Waals surface area contributed by atoms with Crippen molar-refractivity contribution in [1.82, 2.24) is 14.9 Å². The highest BCUT2D eigenvalue weighted by Crippen LogP contribution is 2.23. The molecule has 0 N–H and O–H groups in total. The summed E-state index contributed by atoms with van der Waals surface area (Å²) in [5.74, 6) is 0. The Morgan fingerprint density at radius 2 is 2.12 bits per heavy atom. The number of carbonyl (C=O) groups is 1. The minimum absolute atomic E-state index is 0.123. The predicted octanol–water partition coefficient (Wildman–Crippen LogP) is 4.87. The molecule has 0 saturated carbocycles. The Morgan fingerprint density at radius 3 is 2.81 bits per heavy atom. The monoisotopic (exact) mass is 403 g/mol. The van der Waals surface area contributed by atoms with E-state index in [1.165, 1.54) is 0 Å². The van der Waals surface area contributed by atoms with Crippen LogP contribution in [0.4, 0.5) is 4.79 Å². The predicted molar refractivity (Wildman–Crippen MR) is 102 cm³/mol. The number of halogens is 2. The zero-order chi connectivity index (χ0) is 19.2. The molecular formula is C18H27Cl2N3O3. The molecule has 1 amide bonds. The standard InChI is InChI=1S/C18H27Cl2N3O3/c1-18(2,3)26-17(24)23-9-5-4-7-14(23)8-6-10-25-12-13-11-21-16(20)22-15(13)19/h11,14H,4-10,12H2,1-3H3/t14-/m1/s1. The van der Waals surface area contributed by atoms with Crippen molar-refractivity contribution in [3.05, 3.63) is 22.2 Å². The van der Waals surface area contributed by atoms with E-state index >= 15 is 0 Å². The van der Waals surface area contributed by atoms with E-state index in [0.717, 1.165) is 38.6 Å². The molecule has 2 heterocycles. The lowest BCUT2D eigenvalue weighted by molar-refractivity contribution is 0.00726. The molecule has 1 aliphatic heterocycles. The van der Waals surface area contributed by atoms with Crippen LogP contribution in [-0.2, 0) is 16.1 Å². The highest BCUT2D eigenvalue weighted by Gasteiger charge is 2.29. The van der Waals surface area contributed by atoms with E-state index < -0.39 is 5.60 Å². The lowest BCUT2D eigenvalue weighted by Crippen LogP contribution is -2.46. The van der Waals surface area contributed by atoms with Crippen molar-refractivity contribution in [1.29, 1.82) is 0 Å². The van der Waals surface area contributed by atoms with Gasteiger partial charge in [0.05, 0.1) is 6.61 Å². The molecule has 1 saturated heterocycles. The van der Waals surface area contributed by atoms with Crippen LogP contribution < -0.4 is 0 Å². The lowest BCUT2D eigenvalue weighted by Gasteiger charge is -2.36. The van der Waals surface area contributed by atoms with Gasteiger partial charge in [0.25, 0.3) is 0 Å². The maximum Gasteiger partial charge on any atom is 0.410 e. The zero-order valence-corrected chi connectivity index (χ0v) is 17.1. The largest absolute Gasteiger partial charge is 0.444 e. The minimum atomic E-state index is -0.470. The molecular weight excluding hydrogens is 377 g/mol. The topological polar surface area (TPSA) is 64.5 Å². The molecule has 0 spiro atoms. The van der Waals surface area contributed by atoms with Gasteiger partial charge in [-0.25, -0.2) is 14.8 Å². The summed E-state index contributed by atoms with van der Waals surface area (Å²) in [5, 5.41) is 0.437. The van der Waals surface area contributed by atoms with Crippen molar-refractivity contribution in [3.8, 4) is 0 Å². The fraction of sp³-hybridized carbons (Fsp3) is 0.722. The van der Waals surface area contributed by atoms with Gasteiger partial charge in [-0.2, -0.15) is 0 Å². The third-order valence-electron chi connectivity index (χ3n) is 4.12. The fourth-order valence-electron chi connectivity index (χ4n) is 2.93. The number of likely N-dealkylation sites (tertiary alicyclic amines) is 1. The molecule has 0 radical (unpaired) electrons. The Morgan fingerprint density at radius 1 is 1.35 bits per heavy atom. The van der Waals surface area contributed by atoms with Crippen LogP contribution in [0.25, 0.3) is 0 Å². The maximum absolute atomic E-state index is 12.4. The van der Waals surface area contributed by atoms with Gasteiger partial charge in [0.15, 0.2) is 0 Å². The number of hydrogen-bond acceptors (Lipinski definition) is 5. The number of amides is 1. The molecule has 2 rings (SSSR count). The number of nitrogens with zero attached hydrogens (tertiary/aromatic N) is 3. The summed E-state index contributed by atoms with van der Waals surface area (Å²) in [6, 6.07) is 0.213. The molecule has 1 aliphatic rings. The third kappa shape index (κ3) is 6.89. The van der Waals surface area contributed by atoms with E-state index in [2.05, 4.69) is 9.97 Å². The van der Waals surface area contributed by atoms with Crippen molar-refractivity contribution in [2.45, 2.75) is 71.1 Å².